The predicted octanol–water partition coefficient (Wildman–Crippen LogP) is 2.24. The van der Waals surface area contributed by atoms with Crippen molar-refractivity contribution in [3.8, 4) is 0 Å². The van der Waals surface area contributed by atoms with Crippen LogP contribution < -0.4 is 0 Å². The van der Waals surface area contributed by atoms with Crippen LogP contribution in [-0.2, 0) is 19.1 Å². The van der Waals surface area contributed by atoms with E-state index in [-0.39, 0.29) is 19.3 Å². The lowest BCUT2D eigenvalue weighted by Crippen LogP contribution is -2.27. The molecule has 0 fully saturated rings. The lowest BCUT2D eigenvalue weighted by Gasteiger charge is -2.12. The van der Waals surface area contributed by atoms with E-state index in [0.717, 1.165) is 0 Å². The molecule has 0 saturated carbocycles. The molecule has 0 amide bonds. The highest BCUT2D eigenvalue weighted by atomic mass is 19.4. The zero-order valence-corrected chi connectivity index (χ0v) is 10.1. The molecule has 0 aliphatic rings. The normalized spacial score (nSPS) is 11.9. The Morgan fingerprint density at radius 1 is 1.11 bits per heavy atom. The largest absolute Gasteiger partial charge is 0.465 e. The molecular weight excluding hydrogens is 253 g/mol. The van der Waals surface area contributed by atoms with Gasteiger partial charge in [-0.25, -0.2) is 0 Å². The van der Waals surface area contributed by atoms with E-state index in [1.807, 2.05) is 0 Å². The second kappa shape index (κ2) is 7.73. The van der Waals surface area contributed by atoms with E-state index in [4.69, 9.17) is 0 Å². The molecule has 0 rings (SSSR count). The fourth-order valence-corrected chi connectivity index (χ4v) is 1.11. The van der Waals surface area contributed by atoms with Gasteiger partial charge >= 0.3 is 18.1 Å². The number of alkyl halides is 3. The van der Waals surface area contributed by atoms with Crippen LogP contribution in [0.25, 0.3) is 0 Å². The van der Waals surface area contributed by atoms with E-state index < -0.39 is 30.5 Å². The zero-order chi connectivity index (χ0) is 14.2. The summed E-state index contributed by atoms with van der Waals surface area (Å²) >= 11 is 0. The Balaban J connectivity index is 4.62. The molecule has 4 nitrogen and oxygen atoms in total. The van der Waals surface area contributed by atoms with Gasteiger partial charge in [-0.1, -0.05) is 6.08 Å². The molecule has 0 atom stereocenters. The summed E-state index contributed by atoms with van der Waals surface area (Å²) in [7, 11) is 0. The van der Waals surface area contributed by atoms with Gasteiger partial charge in [-0.3, -0.25) is 9.59 Å². The molecule has 7 heteroatoms. The Labute approximate surface area is 103 Å². The quantitative estimate of drug-likeness (QED) is 0.421. The Morgan fingerprint density at radius 3 is 1.89 bits per heavy atom. The summed E-state index contributed by atoms with van der Waals surface area (Å²) in [4.78, 5) is 22.8. The summed E-state index contributed by atoms with van der Waals surface area (Å²) in [6.45, 7) is 3.15. The van der Waals surface area contributed by atoms with Gasteiger partial charge in [0.2, 0.25) is 0 Å². The number of hydrogen-bond donors (Lipinski definition) is 0. The molecule has 0 spiro atoms. The van der Waals surface area contributed by atoms with Crippen molar-refractivity contribution in [3.63, 3.8) is 0 Å². The highest BCUT2D eigenvalue weighted by molar-refractivity contribution is 5.95. The second-order valence-corrected chi connectivity index (χ2v) is 3.24. The van der Waals surface area contributed by atoms with E-state index in [1.54, 1.807) is 0 Å². The van der Waals surface area contributed by atoms with Crippen molar-refractivity contribution in [3.05, 3.63) is 12.2 Å². The van der Waals surface area contributed by atoms with Gasteiger partial charge in [-0.2, -0.15) is 13.2 Å². The average Bonchev–Trinajstić information content (AvgIpc) is 2.23. The van der Waals surface area contributed by atoms with Gasteiger partial charge in [0.1, 0.15) is 0 Å². The summed E-state index contributed by atoms with van der Waals surface area (Å²) in [5, 5.41) is 0. The third kappa shape index (κ3) is 6.93. The van der Waals surface area contributed by atoms with Crippen LogP contribution >= 0.6 is 0 Å². The highest BCUT2D eigenvalue weighted by Crippen LogP contribution is 2.18. The van der Waals surface area contributed by atoms with E-state index in [0.29, 0.717) is 6.08 Å². The van der Waals surface area contributed by atoms with Crippen LogP contribution in [0.15, 0.2) is 12.2 Å². The van der Waals surface area contributed by atoms with Gasteiger partial charge in [0.05, 0.1) is 13.2 Å². The molecule has 0 bridgehead atoms. The molecule has 0 radical (unpaired) electrons. The minimum absolute atomic E-state index is 0.0293. The molecule has 0 heterocycles. The first-order valence-corrected chi connectivity index (χ1v) is 5.39. The molecule has 0 aliphatic carbocycles. The molecule has 0 aromatic carbocycles. The van der Waals surface area contributed by atoms with Crippen LogP contribution in [0.3, 0.4) is 0 Å². The fourth-order valence-electron chi connectivity index (χ4n) is 1.11. The van der Waals surface area contributed by atoms with E-state index in [2.05, 4.69) is 9.47 Å². The van der Waals surface area contributed by atoms with Crippen molar-refractivity contribution in [1.29, 1.82) is 0 Å². The van der Waals surface area contributed by atoms with Gasteiger partial charge in [-0.05, 0) is 20.3 Å². The van der Waals surface area contributed by atoms with Gasteiger partial charge in [0.15, 0.2) is 5.92 Å². The monoisotopic (exact) mass is 268 g/mol. The maximum Gasteiger partial charge on any atom is 0.409 e. The minimum atomic E-state index is -4.48. The van der Waals surface area contributed by atoms with Gasteiger partial charge in [0, 0.05) is 6.08 Å². The lowest BCUT2D eigenvalue weighted by molar-refractivity contribution is -0.161. The van der Waals surface area contributed by atoms with E-state index in [1.165, 1.54) is 13.8 Å². The number of rotatable bonds is 6. The summed E-state index contributed by atoms with van der Waals surface area (Å²) < 4.78 is 44.9. The van der Waals surface area contributed by atoms with E-state index in [9.17, 15) is 22.8 Å². The first-order valence-electron chi connectivity index (χ1n) is 5.39. The molecule has 18 heavy (non-hydrogen) atoms. The number of carbonyl (C=O) groups is 2. The van der Waals surface area contributed by atoms with Crippen LogP contribution in [0.4, 0.5) is 13.2 Å². The number of allylic oxidation sites excluding steroid dienone is 2. The first kappa shape index (κ1) is 16.5. The summed E-state index contributed by atoms with van der Waals surface area (Å²) in [6.07, 6.45) is -4.21. The Morgan fingerprint density at radius 2 is 1.56 bits per heavy atom. The van der Waals surface area contributed by atoms with Crippen molar-refractivity contribution in [2.75, 3.05) is 13.2 Å². The van der Waals surface area contributed by atoms with Crippen LogP contribution in [0.1, 0.15) is 20.3 Å². The third-order valence-electron chi connectivity index (χ3n) is 1.82. The van der Waals surface area contributed by atoms with E-state index >= 15 is 0 Å². The smallest absolute Gasteiger partial charge is 0.409 e. The molecule has 0 aromatic heterocycles. The van der Waals surface area contributed by atoms with Crippen molar-refractivity contribution in [2.24, 2.45) is 5.92 Å². The Bertz CT molecular complexity index is 292. The highest BCUT2D eigenvalue weighted by Gasteiger charge is 2.29. The van der Waals surface area contributed by atoms with Gasteiger partial charge in [-0.15, -0.1) is 0 Å². The SMILES string of the molecule is CCOC(=O)C(C/C=C\C(F)(F)F)C(=O)OCC. The number of carbonyl (C=O) groups excluding carboxylic acids is 2. The number of halogens is 3. The Hall–Kier alpha value is -1.53. The molecule has 104 valence electrons. The summed E-state index contributed by atoms with van der Waals surface area (Å²) in [6, 6.07) is 0. The number of ether oxygens (including phenoxy) is 2. The van der Waals surface area contributed by atoms with Gasteiger partial charge < -0.3 is 9.47 Å². The zero-order valence-electron chi connectivity index (χ0n) is 10.1. The predicted molar refractivity (Wildman–Crippen MR) is 56.6 cm³/mol. The van der Waals surface area contributed by atoms with Crippen molar-refractivity contribution >= 4 is 11.9 Å². The van der Waals surface area contributed by atoms with Crippen LogP contribution in [0.5, 0.6) is 0 Å². The minimum Gasteiger partial charge on any atom is -0.465 e. The Kier molecular flexibility index (Phi) is 7.07. The maximum absolute atomic E-state index is 11.9. The molecule has 0 N–H and O–H groups in total. The third-order valence-corrected chi connectivity index (χ3v) is 1.82. The first-order chi connectivity index (χ1) is 8.31. The number of esters is 2. The van der Waals surface area contributed by atoms with Crippen molar-refractivity contribution in [1.82, 2.24) is 0 Å². The van der Waals surface area contributed by atoms with Gasteiger partial charge in [0.25, 0.3) is 0 Å². The molecule has 0 saturated heterocycles. The van der Waals surface area contributed by atoms with Crippen molar-refractivity contribution in [2.45, 2.75) is 26.4 Å². The molecule has 0 aromatic rings. The lowest BCUT2D eigenvalue weighted by atomic mass is 10.1. The fraction of sp³-hybridized carbons (Fsp3) is 0.636. The number of hydrogen-bond acceptors (Lipinski definition) is 4. The topological polar surface area (TPSA) is 52.6 Å². The average molecular weight is 268 g/mol. The second-order valence-electron chi connectivity index (χ2n) is 3.24. The van der Waals surface area contributed by atoms with Crippen LogP contribution in [0.2, 0.25) is 0 Å². The summed E-state index contributed by atoms with van der Waals surface area (Å²) in [5.74, 6) is -3.13. The maximum atomic E-state index is 11.9. The van der Waals surface area contributed by atoms with Crippen molar-refractivity contribution < 1.29 is 32.2 Å². The molecule has 0 unspecified atom stereocenters. The standard InChI is InChI=1S/C11H15F3O4/c1-3-17-9(15)8(10(16)18-4-2)6-5-7-11(12,13)14/h5,7-8H,3-4,6H2,1-2H3/b7-5-. The van der Waals surface area contributed by atoms with Crippen LogP contribution in [-0.4, -0.2) is 31.3 Å². The molecular formula is C11H15F3O4. The molecule has 0 aliphatic heterocycles. The summed E-state index contributed by atoms with van der Waals surface area (Å²) in [5.41, 5.74) is 0. The van der Waals surface area contributed by atoms with Crippen LogP contribution in [0, 0.1) is 5.92 Å².